The molecule has 24 heavy (non-hydrogen) atoms. The quantitative estimate of drug-likeness (QED) is 0.731. The lowest BCUT2D eigenvalue weighted by atomic mass is 9.96. The Kier molecular flexibility index (Phi) is 6.52. The number of carbonyl (C=O) groups excluding carboxylic acids is 1. The van der Waals surface area contributed by atoms with Crippen molar-refractivity contribution in [1.82, 2.24) is 5.32 Å². The van der Waals surface area contributed by atoms with Gasteiger partial charge in [0.2, 0.25) is 0 Å². The zero-order valence-electron chi connectivity index (χ0n) is 14.0. The van der Waals surface area contributed by atoms with Crippen molar-refractivity contribution >= 4 is 29.1 Å². The van der Waals surface area contributed by atoms with E-state index in [4.69, 9.17) is 27.9 Å². The van der Waals surface area contributed by atoms with Crippen molar-refractivity contribution in [2.24, 2.45) is 5.92 Å². The van der Waals surface area contributed by atoms with Crippen LogP contribution in [0.5, 0.6) is 5.75 Å². The van der Waals surface area contributed by atoms with Gasteiger partial charge in [-0.05, 0) is 48.2 Å². The lowest BCUT2D eigenvalue weighted by Gasteiger charge is -2.22. The van der Waals surface area contributed by atoms with E-state index in [1.165, 1.54) is 0 Å². The van der Waals surface area contributed by atoms with Crippen LogP contribution < -0.4 is 10.1 Å². The summed E-state index contributed by atoms with van der Waals surface area (Å²) >= 11 is 12.0. The van der Waals surface area contributed by atoms with Crippen molar-refractivity contribution in [3.63, 3.8) is 0 Å². The van der Waals surface area contributed by atoms with E-state index in [0.717, 1.165) is 17.7 Å². The van der Waals surface area contributed by atoms with Crippen LogP contribution in [0.3, 0.4) is 0 Å². The van der Waals surface area contributed by atoms with E-state index in [1.807, 2.05) is 24.3 Å². The first-order valence-electron chi connectivity index (χ1n) is 7.80. The van der Waals surface area contributed by atoms with Crippen LogP contribution in [0, 0.1) is 5.92 Å². The molecule has 1 amide bonds. The van der Waals surface area contributed by atoms with Crippen molar-refractivity contribution in [2.45, 2.75) is 26.3 Å². The fourth-order valence-corrected chi connectivity index (χ4v) is 2.99. The van der Waals surface area contributed by atoms with Crippen molar-refractivity contribution < 1.29 is 9.53 Å². The highest BCUT2D eigenvalue weighted by Gasteiger charge is 2.19. The summed E-state index contributed by atoms with van der Waals surface area (Å²) in [5.74, 6) is 1.00. The van der Waals surface area contributed by atoms with Crippen LogP contribution in [-0.4, -0.2) is 13.0 Å². The summed E-state index contributed by atoms with van der Waals surface area (Å²) < 4.78 is 5.19. The van der Waals surface area contributed by atoms with Gasteiger partial charge in [-0.1, -0.05) is 49.2 Å². The van der Waals surface area contributed by atoms with Crippen LogP contribution in [0.2, 0.25) is 10.0 Å². The standard InChI is InChI=1S/C19H21Cl2NO2/c1-12(2)10-18(13-4-7-15(24-3)8-5-13)22-19(23)16-9-6-14(20)11-17(16)21/h4-9,11-12,18H,10H2,1-3H3,(H,22,23). The van der Waals surface area contributed by atoms with Gasteiger partial charge >= 0.3 is 0 Å². The van der Waals surface area contributed by atoms with Crippen molar-refractivity contribution in [3.05, 3.63) is 63.6 Å². The molecule has 2 rings (SSSR count). The first-order valence-corrected chi connectivity index (χ1v) is 8.56. The third-order valence-electron chi connectivity index (χ3n) is 3.71. The molecule has 0 radical (unpaired) electrons. The van der Waals surface area contributed by atoms with Gasteiger partial charge in [0.15, 0.2) is 0 Å². The number of carbonyl (C=O) groups is 1. The second-order valence-electron chi connectivity index (χ2n) is 6.05. The van der Waals surface area contributed by atoms with Gasteiger partial charge in [0, 0.05) is 5.02 Å². The van der Waals surface area contributed by atoms with Gasteiger partial charge in [0.25, 0.3) is 5.91 Å². The average molecular weight is 366 g/mol. The monoisotopic (exact) mass is 365 g/mol. The molecule has 0 saturated heterocycles. The smallest absolute Gasteiger partial charge is 0.253 e. The number of methoxy groups -OCH3 is 1. The molecule has 0 aliphatic carbocycles. The molecule has 1 N–H and O–H groups in total. The Hall–Kier alpha value is -1.71. The predicted molar refractivity (Wildman–Crippen MR) is 99.1 cm³/mol. The fourth-order valence-electron chi connectivity index (χ4n) is 2.50. The number of rotatable bonds is 6. The summed E-state index contributed by atoms with van der Waals surface area (Å²) in [5, 5.41) is 3.92. The molecule has 0 bridgehead atoms. The van der Waals surface area contributed by atoms with Gasteiger partial charge in [-0.15, -0.1) is 0 Å². The molecular formula is C19H21Cl2NO2. The zero-order valence-corrected chi connectivity index (χ0v) is 15.5. The Morgan fingerprint density at radius 2 is 1.79 bits per heavy atom. The summed E-state index contributed by atoms with van der Waals surface area (Å²) in [5.41, 5.74) is 1.45. The first kappa shape index (κ1) is 18.6. The summed E-state index contributed by atoms with van der Waals surface area (Å²) in [6, 6.07) is 12.5. The molecule has 1 atom stereocenters. The molecule has 0 heterocycles. The maximum Gasteiger partial charge on any atom is 0.253 e. The normalized spacial score (nSPS) is 12.1. The fraction of sp³-hybridized carbons (Fsp3) is 0.316. The molecule has 5 heteroatoms. The van der Waals surface area contributed by atoms with Crippen LogP contribution in [0.4, 0.5) is 0 Å². The lowest BCUT2D eigenvalue weighted by molar-refractivity contribution is 0.0932. The lowest BCUT2D eigenvalue weighted by Crippen LogP contribution is -2.29. The van der Waals surface area contributed by atoms with Crippen LogP contribution in [0.1, 0.15) is 42.2 Å². The molecule has 0 fully saturated rings. The van der Waals surface area contributed by atoms with Gasteiger partial charge in [-0.25, -0.2) is 0 Å². The van der Waals surface area contributed by atoms with Crippen LogP contribution in [-0.2, 0) is 0 Å². The van der Waals surface area contributed by atoms with E-state index in [1.54, 1.807) is 25.3 Å². The summed E-state index contributed by atoms with van der Waals surface area (Å²) in [6.07, 6.45) is 0.823. The van der Waals surface area contributed by atoms with Crippen LogP contribution in [0.15, 0.2) is 42.5 Å². The number of ether oxygens (including phenoxy) is 1. The molecule has 3 nitrogen and oxygen atoms in total. The number of amides is 1. The summed E-state index contributed by atoms with van der Waals surface area (Å²) in [7, 11) is 1.63. The SMILES string of the molecule is COc1ccc(C(CC(C)C)NC(=O)c2ccc(Cl)cc2Cl)cc1. The van der Waals surface area contributed by atoms with Gasteiger partial charge in [-0.2, -0.15) is 0 Å². The summed E-state index contributed by atoms with van der Waals surface area (Å²) in [6.45, 7) is 4.25. The van der Waals surface area contributed by atoms with Gasteiger partial charge in [0.05, 0.1) is 23.7 Å². The highest BCUT2D eigenvalue weighted by molar-refractivity contribution is 6.36. The minimum Gasteiger partial charge on any atom is -0.497 e. The maximum atomic E-state index is 12.6. The first-order chi connectivity index (χ1) is 11.4. The van der Waals surface area contributed by atoms with Crippen molar-refractivity contribution in [2.75, 3.05) is 7.11 Å². The third kappa shape index (κ3) is 4.89. The Balaban J connectivity index is 2.22. The van der Waals surface area contributed by atoms with E-state index in [-0.39, 0.29) is 11.9 Å². The Morgan fingerprint density at radius 1 is 1.12 bits per heavy atom. The molecule has 128 valence electrons. The van der Waals surface area contributed by atoms with E-state index in [0.29, 0.717) is 21.5 Å². The van der Waals surface area contributed by atoms with E-state index < -0.39 is 0 Å². The average Bonchev–Trinajstić information content (AvgIpc) is 2.53. The number of hydrogen-bond acceptors (Lipinski definition) is 2. The summed E-state index contributed by atoms with van der Waals surface area (Å²) in [4.78, 5) is 12.6. The van der Waals surface area contributed by atoms with E-state index >= 15 is 0 Å². The molecule has 0 aliphatic rings. The van der Waals surface area contributed by atoms with Gasteiger partial charge in [-0.3, -0.25) is 4.79 Å². The third-order valence-corrected chi connectivity index (χ3v) is 4.25. The minimum atomic E-state index is -0.210. The molecule has 0 spiro atoms. The van der Waals surface area contributed by atoms with Crippen LogP contribution in [0.25, 0.3) is 0 Å². The highest BCUT2D eigenvalue weighted by atomic mass is 35.5. The van der Waals surface area contributed by atoms with Crippen molar-refractivity contribution in [3.8, 4) is 5.75 Å². The Morgan fingerprint density at radius 3 is 2.33 bits per heavy atom. The highest BCUT2D eigenvalue weighted by Crippen LogP contribution is 2.26. The molecule has 0 aliphatic heterocycles. The molecule has 2 aromatic carbocycles. The maximum absolute atomic E-state index is 12.6. The number of benzene rings is 2. The zero-order chi connectivity index (χ0) is 17.7. The molecule has 0 aromatic heterocycles. The van der Waals surface area contributed by atoms with E-state index in [2.05, 4.69) is 19.2 Å². The molecule has 1 unspecified atom stereocenters. The molecular weight excluding hydrogens is 345 g/mol. The van der Waals surface area contributed by atoms with Gasteiger partial charge in [0.1, 0.15) is 5.75 Å². The predicted octanol–water partition coefficient (Wildman–Crippen LogP) is 5.52. The Labute approximate surface area is 152 Å². The molecule has 2 aromatic rings. The van der Waals surface area contributed by atoms with Gasteiger partial charge < -0.3 is 10.1 Å². The number of hydrogen-bond donors (Lipinski definition) is 1. The number of halogens is 2. The van der Waals surface area contributed by atoms with E-state index in [9.17, 15) is 4.79 Å². The Bertz CT molecular complexity index is 699. The van der Waals surface area contributed by atoms with Crippen molar-refractivity contribution in [1.29, 1.82) is 0 Å². The second-order valence-corrected chi connectivity index (χ2v) is 6.90. The second kappa shape index (κ2) is 8.41. The minimum absolute atomic E-state index is 0.102. The molecule has 0 saturated carbocycles. The van der Waals surface area contributed by atoms with Crippen LogP contribution >= 0.6 is 23.2 Å². The topological polar surface area (TPSA) is 38.3 Å². The largest absolute Gasteiger partial charge is 0.497 e. The number of nitrogens with one attached hydrogen (secondary N) is 1.